The van der Waals surface area contributed by atoms with Crippen molar-refractivity contribution in [3.8, 4) is 5.75 Å². The van der Waals surface area contributed by atoms with E-state index in [9.17, 15) is 9.59 Å². The van der Waals surface area contributed by atoms with Crippen LogP contribution < -0.4 is 10.1 Å². The number of halogens is 2. The van der Waals surface area contributed by atoms with E-state index in [0.29, 0.717) is 21.4 Å². The molecule has 162 valence electrons. The third-order valence-corrected chi connectivity index (χ3v) is 5.71. The van der Waals surface area contributed by atoms with Crippen LogP contribution in [0.15, 0.2) is 42.5 Å². The maximum atomic E-state index is 13.1. The number of para-hydroxylation sites is 1. The first-order chi connectivity index (χ1) is 14.2. The summed E-state index contributed by atoms with van der Waals surface area (Å²) in [5.74, 6) is 0.0519. The quantitative estimate of drug-likeness (QED) is 0.583. The van der Waals surface area contributed by atoms with Crippen LogP contribution in [0, 0.1) is 6.92 Å². The van der Waals surface area contributed by atoms with Gasteiger partial charge in [-0.1, -0.05) is 54.4 Å². The van der Waals surface area contributed by atoms with Gasteiger partial charge in [-0.05, 0) is 51.0 Å². The molecule has 2 aromatic rings. The number of carbonyl (C=O) groups excluding carboxylic acids is 2. The van der Waals surface area contributed by atoms with Crippen molar-refractivity contribution >= 4 is 35.0 Å². The van der Waals surface area contributed by atoms with Crippen molar-refractivity contribution in [2.24, 2.45) is 0 Å². The second-order valence-corrected chi connectivity index (χ2v) is 8.08. The van der Waals surface area contributed by atoms with Crippen molar-refractivity contribution in [1.82, 2.24) is 10.2 Å². The van der Waals surface area contributed by atoms with Gasteiger partial charge in [-0.2, -0.15) is 0 Å². The largest absolute Gasteiger partial charge is 0.484 e. The van der Waals surface area contributed by atoms with E-state index < -0.39 is 6.04 Å². The third kappa shape index (κ3) is 6.38. The summed E-state index contributed by atoms with van der Waals surface area (Å²) in [6, 6.07) is 11.9. The monoisotopic (exact) mass is 450 g/mol. The van der Waals surface area contributed by atoms with E-state index >= 15 is 0 Å². The molecule has 2 rings (SSSR count). The molecular weight excluding hydrogens is 423 g/mol. The Bertz CT molecular complexity index is 868. The molecule has 0 unspecified atom stereocenters. The molecule has 1 N–H and O–H groups in total. The van der Waals surface area contributed by atoms with Crippen molar-refractivity contribution < 1.29 is 14.3 Å². The lowest BCUT2D eigenvalue weighted by molar-refractivity contribution is -0.142. The molecule has 2 aromatic carbocycles. The second-order valence-electron chi connectivity index (χ2n) is 7.27. The zero-order valence-corrected chi connectivity index (χ0v) is 19.3. The van der Waals surface area contributed by atoms with Crippen LogP contribution in [0.5, 0.6) is 5.75 Å². The Morgan fingerprint density at radius 3 is 2.30 bits per heavy atom. The smallest absolute Gasteiger partial charge is 0.261 e. The van der Waals surface area contributed by atoms with Gasteiger partial charge >= 0.3 is 0 Å². The molecule has 2 amide bonds. The van der Waals surface area contributed by atoms with Gasteiger partial charge in [0, 0.05) is 28.2 Å². The van der Waals surface area contributed by atoms with Crippen molar-refractivity contribution in [1.29, 1.82) is 0 Å². The molecule has 0 heterocycles. The summed E-state index contributed by atoms with van der Waals surface area (Å²) < 4.78 is 5.72. The van der Waals surface area contributed by atoms with E-state index in [0.717, 1.165) is 12.0 Å². The molecule has 0 saturated carbocycles. The molecule has 0 aliphatic carbocycles. The minimum absolute atomic E-state index is 0.00372. The van der Waals surface area contributed by atoms with Crippen molar-refractivity contribution in [3.05, 3.63) is 63.6 Å². The minimum atomic E-state index is -0.723. The van der Waals surface area contributed by atoms with Crippen LogP contribution >= 0.6 is 23.2 Å². The summed E-state index contributed by atoms with van der Waals surface area (Å²) in [7, 11) is 0. The van der Waals surface area contributed by atoms with E-state index in [1.807, 2.05) is 39.0 Å². The summed E-state index contributed by atoms with van der Waals surface area (Å²) >= 11 is 12.6. The maximum absolute atomic E-state index is 13.1. The number of aryl methyl sites for hydroxylation is 1. The highest BCUT2D eigenvalue weighted by Gasteiger charge is 2.28. The van der Waals surface area contributed by atoms with Crippen molar-refractivity contribution in [3.63, 3.8) is 0 Å². The summed E-state index contributed by atoms with van der Waals surface area (Å²) in [5, 5.41) is 3.80. The molecule has 0 bridgehead atoms. The molecule has 0 spiro atoms. The van der Waals surface area contributed by atoms with Gasteiger partial charge in [0.1, 0.15) is 11.8 Å². The molecule has 0 fully saturated rings. The predicted molar refractivity (Wildman–Crippen MR) is 121 cm³/mol. The number of hydrogen-bond donors (Lipinski definition) is 1. The molecule has 0 aliphatic rings. The van der Waals surface area contributed by atoms with E-state index in [1.165, 1.54) is 4.90 Å². The van der Waals surface area contributed by atoms with E-state index in [4.69, 9.17) is 27.9 Å². The Hall–Kier alpha value is -2.24. The third-order valence-electron chi connectivity index (χ3n) is 5.00. The van der Waals surface area contributed by atoms with Gasteiger partial charge in [0.15, 0.2) is 6.61 Å². The van der Waals surface area contributed by atoms with E-state index in [-0.39, 0.29) is 31.0 Å². The zero-order valence-electron chi connectivity index (χ0n) is 17.7. The highest BCUT2D eigenvalue weighted by molar-refractivity contribution is 6.36. The van der Waals surface area contributed by atoms with Crippen LogP contribution in [0.1, 0.15) is 38.3 Å². The summed E-state index contributed by atoms with van der Waals surface area (Å²) in [6.07, 6.45) is 0.791. The lowest BCUT2D eigenvalue weighted by atomic mass is 10.1. The van der Waals surface area contributed by atoms with Gasteiger partial charge in [-0.25, -0.2) is 0 Å². The standard InChI is InChI=1S/C23H28Cl2N2O3/c1-5-16(3)26-23(29)17(4)27(13-18-19(24)10-8-11-20(18)25)22(28)14-30-21-12-7-6-9-15(21)2/h6-12,16-17H,5,13-14H2,1-4H3,(H,26,29)/t16-,17+/m1/s1. The van der Waals surface area contributed by atoms with Gasteiger partial charge in [0.2, 0.25) is 5.91 Å². The summed E-state index contributed by atoms with van der Waals surface area (Å²) in [4.78, 5) is 27.3. The van der Waals surface area contributed by atoms with Crippen molar-refractivity contribution in [2.75, 3.05) is 6.61 Å². The molecule has 5 nitrogen and oxygen atoms in total. The molecule has 0 saturated heterocycles. The molecule has 0 aromatic heterocycles. The van der Waals surface area contributed by atoms with Gasteiger partial charge < -0.3 is 15.0 Å². The highest BCUT2D eigenvalue weighted by Crippen LogP contribution is 2.27. The number of amides is 2. The fraction of sp³-hybridized carbons (Fsp3) is 0.391. The highest BCUT2D eigenvalue weighted by atomic mass is 35.5. The first-order valence-electron chi connectivity index (χ1n) is 9.95. The van der Waals surface area contributed by atoms with Crippen LogP contribution in [-0.4, -0.2) is 35.4 Å². The van der Waals surface area contributed by atoms with Gasteiger partial charge in [-0.3, -0.25) is 9.59 Å². The molecule has 0 radical (unpaired) electrons. The SMILES string of the molecule is CC[C@@H](C)NC(=O)[C@H](C)N(Cc1c(Cl)cccc1Cl)C(=O)COc1ccccc1C. The maximum Gasteiger partial charge on any atom is 0.261 e. The fourth-order valence-electron chi connectivity index (χ4n) is 2.84. The number of nitrogens with one attached hydrogen (secondary N) is 1. The number of ether oxygens (including phenoxy) is 1. The lowest BCUT2D eigenvalue weighted by Crippen LogP contribution is -2.50. The van der Waals surface area contributed by atoms with Gasteiger partial charge in [0.05, 0.1) is 0 Å². The van der Waals surface area contributed by atoms with Crippen LogP contribution in [0.25, 0.3) is 0 Å². The Kier molecular flexibility index (Phi) is 9.00. The van der Waals surface area contributed by atoms with Crippen LogP contribution in [0.4, 0.5) is 0 Å². The van der Waals surface area contributed by atoms with Crippen LogP contribution in [0.2, 0.25) is 10.0 Å². The van der Waals surface area contributed by atoms with E-state index in [1.54, 1.807) is 31.2 Å². The number of nitrogens with zero attached hydrogens (tertiary/aromatic N) is 1. The predicted octanol–water partition coefficient (Wildman–Crippen LogP) is 5.01. The average Bonchev–Trinajstić information content (AvgIpc) is 2.72. The number of carbonyl (C=O) groups is 2. The fourth-order valence-corrected chi connectivity index (χ4v) is 3.36. The number of hydrogen-bond acceptors (Lipinski definition) is 3. The second kappa shape index (κ2) is 11.2. The Balaban J connectivity index is 2.24. The Morgan fingerprint density at radius 2 is 1.70 bits per heavy atom. The molecule has 7 heteroatoms. The van der Waals surface area contributed by atoms with Crippen molar-refractivity contribution in [2.45, 2.75) is 52.7 Å². The van der Waals surface area contributed by atoms with Crippen LogP contribution in [0.3, 0.4) is 0 Å². The lowest BCUT2D eigenvalue weighted by Gasteiger charge is -2.30. The summed E-state index contributed by atoms with van der Waals surface area (Å²) in [5.41, 5.74) is 1.52. The molecular formula is C23H28Cl2N2O3. The Labute approximate surface area is 188 Å². The van der Waals surface area contributed by atoms with Crippen LogP contribution in [-0.2, 0) is 16.1 Å². The molecule has 30 heavy (non-hydrogen) atoms. The van der Waals surface area contributed by atoms with E-state index in [2.05, 4.69) is 5.32 Å². The van der Waals surface area contributed by atoms with Gasteiger partial charge in [-0.15, -0.1) is 0 Å². The average molecular weight is 451 g/mol. The summed E-state index contributed by atoms with van der Waals surface area (Å²) in [6.45, 7) is 7.40. The van der Waals surface area contributed by atoms with Gasteiger partial charge in [0.25, 0.3) is 5.91 Å². The zero-order chi connectivity index (χ0) is 22.3. The normalized spacial score (nSPS) is 12.7. The minimum Gasteiger partial charge on any atom is -0.484 e. The number of benzene rings is 2. The first kappa shape index (κ1) is 24.0. The number of rotatable bonds is 9. The topological polar surface area (TPSA) is 58.6 Å². The Morgan fingerprint density at radius 1 is 1.07 bits per heavy atom. The first-order valence-corrected chi connectivity index (χ1v) is 10.7. The molecule has 2 atom stereocenters. The molecule has 0 aliphatic heterocycles.